The first kappa shape index (κ1) is 16.3. The Bertz CT molecular complexity index is 392. The van der Waals surface area contributed by atoms with Crippen molar-refractivity contribution in [1.29, 1.82) is 0 Å². The molecule has 1 aliphatic heterocycles. The molecule has 2 rings (SSSR count). The zero-order valence-corrected chi connectivity index (χ0v) is 12.4. The lowest BCUT2D eigenvalue weighted by atomic mass is 9.90. The molecule has 0 radical (unpaired) electrons. The van der Waals surface area contributed by atoms with Crippen molar-refractivity contribution < 1.29 is 9.13 Å². The average Bonchev–Trinajstić information content (AvgIpc) is 2.38. The normalized spacial score (nSPS) is 16.2. The molecule has 0 aliphatic carbocycles. The standard InChI is InChI=1S/C15H22FNO.ClH/c1-11(2)10-18-15-9-13(3-4-14(15)16)12-5-7-17-8-6-12;/h3-4,9,11-12,17H,5-8,10H2,1-2H3;1H. The molecule has 2 nitrogen and oxygen atoms in total. The molecule has 0 atom stereocenters. The Kier molecular flexibility index (Phi) is 6.59. The number of rotatable bonds is 4. The molecular formula is C15H23ClFNO. The van der Waals surface area contributed by atoms with E-state index in [0.717, 1.165) is 25.9 Å². The minimum Gasteiger partial charge on any atom is -0.490 e. The quantitative estimate of drug-likeness (QED) is 0.911. The molecule has 0 spiro atoms. The van der Waals surface area contributed by atoms with E-state index in [9.17, 15) is 4.39 Å². The van der Waals surface area contributed by atoms with Gasteiger partial charge in [0.2, 0.25) is 0 Å². The van der Waals surface area contributed by atoms with Gasteiger partial charge in [-0.3, -0.25) is 0 Å². The Morgan fingerprint density at radius 1 is 1.32 bits per heavy atom. The highest BCUT2D eigenvalue weighted by molar-refractivity contribution is 5.85. The maximum absolute atomic E-state index is 13.6. The van der Waals surface area contributed by atoms with Crippen LogP contribution in [0.3, 0.4) is 0 Å². The summed E-state index contributed by atoms with van der Waals surface area (Å²) >= 11 is 0. The van der Waals surface area contributed by atoms with Gasteiger partial charge in [-0.1, -0.05) is 19.9 Å². The number of hydrogen-bond donors (Lipinski definition) is 1. The van der Waals surface area contributed by atoms with E-state index in [2.05, 4.69) is 19.2 Å². The molecule has 19 heavy (non-hydrogen) atoms. The summed E-state index contributed by atoms with van der Waals surface area (Å²) in [5, 5.41) is 3.35. The van der Waals surface area contributed by atoms with Gasteiger partial charge in [0, 0.05) is 0 Å². The third-order valence-electron chi connectivity index (χ3n) is 3.34. The number of nitrogens with one attached hydrogen (secondary N) is 1. The van der Waals surface area contributed by atoms with E-state index in [1.54, 1.807) is 0 Å². The first-order chi connectivity index (χ1) is 8.66. The second-order valence-electron chi connectivity index (χ2n) is 5.42. The van der Waals surface area contributed by atoms with Crippen LogP contribution >= 0.6 is 12.4 Å². The maximum atomic E-state index is 13.6. The second kappa shape index (κ2) is 7.71. The zero-order chi connectivity index (χ0) is 13.0. The molecule has 0 unspecified atom stereocenters. The van der Waals surface area contributed by atoms with Crippen molar-refractivity contribution in [1.82, 2.24) is 5.32 Å². The molecule has 1 aromatic rings. The molecule has 1 N–H and O–H groups in total. The van der Waals surface area contributed by atoms with Crippen LogP contribution in [0.15, 0.2) is 18.2 Å². The lowest BCUT2D eigenvalue weighted by molar-refractivity contribution is 0.259. The van der Waals surface area contributed by atoms with Gasteiger partial charge in [0.25, 0.3) is 0 Å². The van der Waals surface area contributed by atoms with Gasteiger partial charge < -0.3 is 10.1 Å². The Labute approximate surface area is 121 Å². The summed E-state index contributed by atoms with van der Waals surface area (Å²) in [4.78, 5) is 0. The fourth-order valence-electron chi connectivity index (χ4n) is 2.30. The lowest BCUT2D eigenvalue weighted by Crippen LogP contribution is -2.26. The van der Waals surface area contributed by atoms with E-state index in [1.165, 1.54) is 11.6 Å². The van der Waals surface area contributed by atoms with Crippen molar-refractivity contribution in [2.45, 2.75) is 32.6 Å². The highest BCUT2D eigenvalue weighted by Gasteiger charge is 2.17. The van der Waals surface area contributed by atoms with E-state index < -0.39 is 0 Å². The van der Waals surface area contributed by atoms with E-state index in [1.807, 2.05) is 12.1 Å². The molecule has 108 valence electrons. The number of ether oxygens (including phenoxy) is 1. The van der Waals surface area contributed by atoms with Crippen LogP contribution in [0.4, 0.5) is 4.39 Å². The van der Waals surface area contributed by atoms with Gasteiger partial charge >= 0.3 is 0 Å². The topological polar surface area (TPSA) is 21.3 Å². The summed E-state index contributed by atoms with van der Waals surface area (Å²) in [6.45, 7) is 6.78. The third kappa shape index (κ3) is 4.66. The summed E-state index contributed by atoms with van der Waals surface area (Å²) < 4.78 is 19.2. The molecule has 0 aromatic heterocycles. The molecule has 0 bridgehead atoms. The van der Waals surface area contributed by atoms with Crippen molar-refractivity contribution in [3.63, 3.8) is 0 Å². The van der Waals surface area contributed by atoms with E-state index in [4.69, 9.17) is 4.74 Å². The summed E-state index contributed by atoms with van der Waals surface area (Å²) in [5.41, 5.74) is 1.21. The molecule has 4 heteroatoms. The van der Waals surface area contributed by atoms with Crippen LogP contribution < -0.4 is 10.1 Å². The van der Waals surface area contributed by atoms with E-state index >= 15 is 0 Å². The van der Waals surface area contributed by atoms with E-state index in [-0.39, 0.29) is 18.2 Å². The molecule has 0 amide bonds. The fourth-order valence-corrected chi connectivity index (χ4v) is 2.30. The molecule has 1 aromatic carbocycles. The van der Waals surface area contributed by atoms with Gasteiger partial charge in [0.15, 0.2) is 11.6 Å². The predicted molar refractivity (Wildman–Crippen MR) is 78.8 cm³/mol. The Morgan fingerprint density at radius 3 is 2.63 bits per heavy atom. The van der Waals surface area contributed by atoms with Gasteiger partial charge in [0.05, 0.1) is 6.61 Å². The van der Waals surface area contributed by atoms with Crippen molar-refractivity contribution in [3.05, 3.63) is 29.6 Å². The number of benzene rings is 1. The molecule has 1 saturated heterocycles. The van der Waals surface area contributed by atoms with Crippen LogP contribution in [-0.2, 0) is 0 Å². The van der Waals surface area contributed by atoms with Crippen molar-refractivity contribution in [3.8, 4) is 5.75 Å². The first-order valence-electron chi connectivity index (χ1n) is 6.80. The first-order valence-corrected chi connectivity index (χ1v) is 6.80. The summed E-state index contributed by atoms with van der Waals surface area (Å²) in [5.74, 6) is 1.09. The summed E-state index contributed by atoms with van der Waals surface area (Å²) in [7, 11) is 0. The highest BCUT2D eigenvalue weighted by atomic mass is 35.5. The minimum atomic E-state index is -0.256. The molecule has 1 aliphatic rings. The van der Waals surface area contributed by atoms with Gasteiger partial charge in [-0.25, -0.2) is 4.39 Å². The van der Waals surface area contributed by atoms with Crippen LogP contribution in [0.25, 0.3) is 0 Å². The van der Waals surface area contributed by atoms with Crippen LogP contribution in [0.2, 0.25) is 0 Å². The molecule has 1 heterocycles. The van der Waals surface area contributed by atoms with Crippen LogP contribution in [-0.4, -0.2) is 19.7 Å². The van der Waals surface area contributed by atoms with Crippen molar-refractivity contribution in [2.24, 2.45) is 5.92 Å². The Hall–Kier alpha value is -0.800. The fraction of sp³-hybridized carbons (Fsp3) is 0.600. The van der Waals surface area contributed by atoms with Crippen LogP contribution in [0, 0.1) is 11.7 Å². The van der Waals surface area contributed by atoms with Gasteiger partial charge in [-0.15, -0.1) is 12.4 Å². The zero-order valence-electron chi connectivity index (χ0n) is 11.6. The lowest BCUT2D eigenvalue weighted by Gasteiger charge is -2.23. The summed E-state index contributed by atoms with van der Waals surface area (Å²) in [6, 6.07) is 5.31. The monoisotopic (exact) mass is 287 g/mol. The number of hydrogen-bond acceptors (Lipinski definition) is 2. The Balaban J connectivity index is 0.00000180. The van der Waals surface area contributed by atoms with E-state index in [0.29, 0.717) is 24.2 Å². The molecule has 0 saturated carbocycles. The highest BCUT2D eigenvalue weighted by Crippen LogP contribution is 2.29. The van der Waals surface area contributed by atoms with Crippen LogP contribution in [0.1, 0.15) is 38.2 Å². The van der Waals surface area contributed by atoms with Crippen LogP contribution in [0.5, 0.6) is 5.75 Å². The minimum absolute atomic E-state index is 0. The Morgan fingerprint density at radius 2 is 2.00 bits per heavy atom. The largest absolute Gasteiger partial charge is 0.490 e. The second-order valence-corrected chi connectivity index (χ2v) is 5.42. The third-order valence-corrected chi connectivity index (χ3v) is 3.34. The predicted octanol–water partition coefficient (Wildman–Crippen LogP) is 3.75. The summed E-state index contributed by atoms with van der Waals surface area (Å²) in [6.07, 6.45) is 2.24. The van der Waals surface area contributed by atoms with Gasteiger partial charge in [0.1, 0.15) is 0 Å². The maximum Gasteiger partial charge on any atom is 0.165 e. The van der Waals surface area contributed by atoms with Crippen molar-refractivity contribution in [2.75, 3.05) is 19.7 Å². The number of halogens is 2. The van der Waals surface area contributed by atoms with Crippen molar-refractivity contribution >= 4 is 12.4 Å². The number of piperidine rings is 1. The molecular weight excluding hydrogens is 265 g/mol. The molecule has 1 fully saturated rings. The van der Waals surface area contributed by atoms with Gasteiger partial charge in [-0.05, 0) is 55.5 Å². The average molecular weight is 288 g/mol. The van der Waals surface area contributed by atoms with Gasteiger partial charge in [-0.2, -0.15) is 0 Å². The SMILES string of the molecule is CC(C)COc1cc(C2CCNCC2)ccc1F.Cl. The smallest absolute Gasteiger partial charge is 0.165 e.